The van der Waals surface area contributed by atoms with Gasteiger partial charge in [-0.05, 0) is 35.9 Å². The third kappa shape index (κ3) is 3.07. The zero-order chi connectivity index (χ0) is 22.6. The normalized spacial score (nSPS) is 11.5. The Morgan fingerprint density at radius 3 is 2.84 bits per heavy atom. The van der Waals surface area contributed by atoms with Gasteiger partial charge in [0.2, 0.25) is 0 Å². The molecule has 0 spiro atoms. The monoisotopic (exact) mass is 471 g/mol. The quantitative estimate of drug-likeness (QED) is 0.345. The zero-order valence-corrected chi connectivity index (χ0v) is 17.5. The highest BCUT2D eigenvalue weighted by atomic mass is 35.5. The van der Waals surface area contributed by atoms with Gasteiger partial charge in [0, 0.05) is 18.0 Å². The molecule has 5 rings (SSSR count). The smallest absolute Gasteiger partial charge is 0.353 e. The van der Waals surface area contributed by atoms with Crippen LogP contribution in [-0.4, -0.2) is 25.6 Å². The second-order valence-corrected chi connectivity index (χ2v) is 7.84. The number of carboxylic acid groups (broad SMARTS) is 1. The van der Waals surface area contributed by atoms with E-state index in [4.69, 9.17) is 27.6 Å². The lowest BCUT2D eigenvalue weighted by molar-refractivity contribution is 0.0687. The molecule has 0 aliphatic carbocycles. The molecule has 32 heavy (non-hydrogen) atoms. The number of carbonyl (C=O) groups is 1. The highest BCUT2D eigenvalue weighted by Crippen LogP contribution is 2.40. The van der Waals surface area contributed by atoms with E-state index in [2.05, 4.69) is 9.97 Å². The van der Waals surface area contributed by atoms with Crippen LogP contribution in [0.25, 0.3) is 33.0 Å². The SMILES string of the molecule is O=C(O)c1c(-c2ccc[nH]c2=O)c2c3occc3c(F)cc2n1Cc1cc(Cl)ncc1Cl. The van der Waals surface area contributed by atoms with Gasteiger partial charge in [0.1, 0.15) is 22.2 Å². The van der Waals surface area contributed by atoms with Crippen LogP contribution in [0.4, 0.5) is 4.39 Å². The Hall–Kier alpha value is -3.62. The number of hydrogen-bond donors (Lipinski definition) is 2. The number of halogens is 3. The van der Waals surface area contributed by atoms with Crippen LogP contribution in [0, 0.1) is 5.82 Å². The minimum atomic E-state index is -1.31. The first kappa shape index (κ1) is 20.3. The first-order valence-electron chi connectivity index (χ1n) is 9.30. The number of pyridine rings is 2. The molecule has 0 saturated carbocycles. The summed E-state index contributed by atoms with van der Waals surface area (Å²) in [5.41, 5.74) is 0.344. The van der Waals surface area contributed by atoms with E-state index in [0.717, 1.165) is 0 Å². The van der Waals surface area contributed by atoms with E-state index in [1.54, 1.807) is 6.07 Å². The summed E-state index contributed by atoms with van der Waals surface area (Å²) < 4.78 is 21.8. The van der Waals surface area contributed by atoms with Crippen molar-refractivity contribution >= 4 is 51.0 Å². The van der Waals surface area contributed by atoms with Crippen LogP contribution in [0.5, 0.6) is 0 Å². The molecular formula is C22H12Cl2FN3O4. The van der Waals surface area contributed by atoms with Gasteiger partial charge in [-0.1, -0.05) is 23.2 Å². The van der Waals surface area contributed by atoms with Crippen molar-refractivity contribution in [1.29, 1.82) is 0 Å². The van der Waals surface area contributed by atoms with Crippen LogP contribution < -0.4 is 5.56 Å². The third-order valence-electron chi connectivity index (χ3n) is 5.24. The van der Waals surface area contributed by atoms with Crippen molar-refractivity contribution in [2.45, 2.75) is 6.54 Å². The summed E-state index contributed by atoms with van der Waals surface area (Å²) in [4.78, 5) is 31.6. The maximum absolute atomic E-state index is 14.9. The molecule has 0 aliphatic heterocycles. The van der Waals surface area contributed by atoms with Crippen LogP contribution in [0.15, 0.2) is 58.2 Å². The zero-order valence-electron chi connectivity index (χ0n) is 16.0. The van der Waals surface area contributed by atoms with Crippen molar-refractivity contribution < 1.29 is 18.7 Å². The molecular weight excluding hydrogens is 460 g/mol. The molecule has 160 valence electrons. The average molecular weight is 472 g/mol. The van der Waals surface area contributed by atoms with E-state index in [1.165, 1.54) is 47.5 Å². The van der Waals surface area contributed by atoms with Crippen LogP contribution in [-0.2, 0) is 6.54 Å². The van der Waals surface area contributed by atoms with E-state index in [9.17, 15) is 19.1 Å². The molecule has 0 fully saturated rings. The van der Waals surface area contributed by atoms with Crippen molar-refractivity contribution in [1.82, 2.24) is 14.5 Å². The number of H-pyrrole nitrogens is 1. The number of furan rings is 1. The molecule has 2 N–H and O–H groups in total. The Kier molecular flexibility index (Phi) is 4.76. The van der Waals surface area contributed by atoms with Gasteiger partial charge >= 0.3 is 5.97 Å². The lowest BCUT2D eigenvalue weighted by Crippen LogP contribution is -2.13. The first-order valence-corrected chi connectivity index (χ1v) is 10.1. The van der Waals surface area contributed by atoms with E-state index < -0.39 is 17.3 Å². The standard InChI is InChI=1S/C22H12Cl2FN3O4/c23-13-8-27-16(24)6-10(13)9-28-15-7-14(25)11-3-5-32-20(11)18(15)17(19(28)22(30)31)12-2-1-4-26-21(12)29/h1-8H,9H2,(H,26,29)(H,30,31). The Morgan fingerprint density at radius 2 is 2.09 bits per heavy atom. The fraction of sp³-hybridized carbons (Fsp3) is 0.0455. The van der Waals surface area contributed by atoms with Crippen LogP contribution in [0.3, 0.4) is 0 Å². The van der Waals surface area contributed by atoms with Crippen molar-refractivity contribution in [3.05, 3.63) is 86.6 Å². The number of carboxylic acids is 1. The summed E-state index contributed by atoms with van der Waals surface area (Å²) in [6.07, 6.45) is 4.09. The molecule has 0 radical (unpaired) electrons. The Morgan fingerprint density at radius 1 is 1.28 bits per heavy atom. The van der Waals surface area contributed by atoms with Gasteiger partial charge in [-0.25, -0.2) is 14.2 Å². The van der Waals surface area contributed by atoms with Crippen molar-refractivity contribution in [3.63, 3.8) is 0 Å². The summed E-state index contributed by atoms with van der Waals surface area (Å²) in [7, 11) is 0. The number of rotatable bonds is 4. The molecule has 0 saturated heterocycles. The summed E-state index contributed by atoms with van der Waals surface area (Å²) >= 11 is 12.3. The van der Waals surface area contributed by atoms with E-state index in [0.29, 0.717) is 10.9 Å². The molecule has 0 atom stereocenters. The largest absolute Gasteiger partial charge is 0.477 e. The number of aromatic nitrogens is 3. The van der Waals surface area contributed by atoms with Gasteiger partial charge in [0.05, 0.1) is 39.7 Å². The minimum Gasteiger partial charge on any atom is -0.477 e. The number of aromatic carboxylic acids is 1. The van der Waals surface area contributed by atoms with E-state index >= 15 is 0 Å². The van der Waals surface area contributed by atoms with Gasteiger partial charge in [-0.15, -0.1) is 0 Å². The van der Waals surface area contributed by atoms with Gasteiger partial charge in [-0.3, -0.25) is 4.79 Å². The topological polar surface area (TPSA) is 101 Å². The highest BCUT2D eigenvalue weighted by molar-refractivity contribution is 6.32. The molecule has 4 aromatic heterocycles. The number of benzene rings is 1. The second-order valence-electron chi connectivity index (χ2n) is 7.04. The van der Waals surface area contributed by atoms with Gasteiger partial charge < -0.3 is 19.1 Å². The Balaban J connectivity index is 1.96. The summed E-state index contributed by atoms with van der Waals surface area (Å²) in [6.45, 7) is -0.0599. The van der Waals surface area contributed by atoms with Gasteiger partial charge in [0.15, 0.2) is 0 Å². The van der Waals surface area contributed by atoms with Gasteiger partial charge in [0.25, 0.3) is 5.56 Å². The van der Waals surface area contributed by atoms with E-state index in [1.807, 2.05) is 0 Å². The number of nitrogens with one attached hydrogen (secondary N) is 1. The first-order chi connectivity index (χ1) is 15.4. The number of aromatic amines is 1. The molecule has 0 unspecified atom stereocenters. The summed E-state index contributed by atoms with van der Waals surface area (Å²) in [6, 6.07) is 7.24. The summed E-state index contributed by atoms with van der Waals surface area (Å²) in [5.74, 6) is -1.90. The number of hydrogen-bond acceptors (Lipinski definition) is 4. The minimum absolute atomic E-state index is 0.0599. The summed E-state index contributed by atoms with van der Waals surface area (Å²) in [5, 5.41) is 11.1. The third-order valence-corrected chi connectivity index (χ3v) is 5.78. The molecule has 1 aromatic carbocycles. The molecule has 10 heteroatoms. The van der Waals surface area contributed by atoms with Crippen LogP contribution in [0.2, 0.25) is 10.2 Å². The molecule has 0 amide bonds. The molecule has 5 aromatic rings. The van der Waals surface area contributed by atoms with Crippen LogP contribution in [0.1, 0.15) is 16.1 Å². The van der Waals surface area contributed by atoms with Gasteiger partial charge in [-0.2, -0.15) is 0 Å². The molecule has 7 nitrogen and oxygen atoms in total. The second kappa shape index (κ2) is 7.51. The van der Waals surface area contributed by atoms with E-state index in [-0.39, 0.29) is 50.0 Å². The lowest BCUT2D eigenvalue weighted by atomic mass is 10.0. The Labute approximate surface area is 188 Å². The van der Waals surface area contributed by atoms with Crippen molar-refractivity contribution in [2.75, 3.05) is 0 Å². The van der Waals surface area contributed by atoms with Crippen LogP contribution >= 0.6 is 23.2 Å². The van der Waals surface area contributed by atoms with Crippen molar-refractivity contribution in [3.8, 4) is 11.1 Å². The predicted octanol–water partition coefficient (Wildman–Crippen LogP) is 5.33. The average Bonchev–Trinajstić information content (AvgIpc) is 3.35. The predicted molar refractivity (Wildman–Crippen MR) is 118 cm³/mol. The molecule has 0 bridgehead atoms. The number of fused-ring (bicyclic) bond motifs is 3. The maximum atomic E-state index is 14.9. The van der Waals surface area contributed by atoms with Crippen molar-refractivity contribution in [2.24, 2.45) is 0 Å². The number of nitrogens with zero attached hydrogens (tertiary/aromatic N) is 2. The lowest BCUT2D eigenvalue weighted by Gasteiger charge is -2.11. The fourth-order valence-electron chi connectivity index (χ4n) is 3.92. The molecule has 0 aliphatic rings. The molecule has 4 heterocycles. The fourth-order valence-corrected chi connectivity index (χ4v) is 4.26. The maximum Gasteiger partial charge on any atom is 0.353 e. The highest BCUT2D eigenvalue weighted by Gasteiger charge is 2.29. The Bertz CT molecular complexity index is 1600.